The number of rotatable bonds is 5. The molecule has 1 heterocycles. The fourth-order valence-corrected chi connectivity index (χ4v) is 2.76. The summed E-state index contributed by atoms with van der Waals surface area (Å²) in [5, 5.41) is 20.3. The zero-order valence-corrected chi connectivity index (χ0v) is 14.3. The smallest absolute Gasteiger partial charge is 0.201 e. The number of hydrogen-bond donors (Lipinski definition) is 2. The Labute approximate surface area is 145 Å². The SMILES string of the molecule is COc1cc(Oc2ccc(C3=C(C)OCC3)cc2O)cc(OC)c1O. The van der Waals surface area contributed by atoms with E-state index >= 15 is 0 Å². The average Bonchev–Trinajstić information content (AvgIpc) is 3.04. The standard InChI is InChI=1S/C19H20O6/c1-11-14(6-7-24-11)12-4-5-16(15(20)8-12)25-13-9-17(22-2)19(21)18(10-13)23-3/h4-5,8-10,20-21H,6-7H2,1-3H3. The topological polar surface area (TPSA) is 77.4 Å². The van der Waals surface area contributed by atoms with E-state index in [1.165, 1.54) is 26.4 Å². The van der Waals surface area contributed by atoms with E-state index in [1.807, 2.05) is 13.0 Å². The van der Waals surface area contributed by atoms with Crippen molar-refractivity contribution in [1.82, 2.24) is 0 Å². The molecule has 0 saturated carbocycles. The molecule has 0 amide bonds. The predicted octanol–water partition coefficient (Wildman–Crippen LogP) is 4.06. The lowest BCUT2D eigenvalue weighted by Crippen LogP contribution is -1.92. The summed E-state index contributed by atoms with van der Waals surface area (Å²) in [5.41, 5.74) is 1.98. The zero-order chi connectivity index (χ0) is 18.0. The molecule has 0 bridgehead atoms. The highest BCUT2D eigenvalue weighted by molar-refractivity contribution is 5.70. The van der Waals surface area contributed by atoms with Crippen molar-refractivity contribution in [3.8, 4) is 34.5 Å². The second-order valence-corrected chi connectivity index (χ2v) is 5.59. The second kappa shape index (κ2) is 6.84. The highest BCUT2D eigenvalue weighted by atomic mass is 16.5. The fourth-order valence-electron chi connectivity index (χ4n) is 2.76. The molecule has 0 fully saturated rings. The molecule has 6 heteroatoms. The van der Waals surface area contributed by atoms with Crippen LogP contribution in [0, 0.1) is 0 Å². The average molecular weight is 344 g/mol. The summed E-state index contributed by atoms with van der Waals surface area (Å²) in [4.78, 5) is 0. The van der Waals surface area contributed by atoms with Crippen LogP contribution in [0.5, 0.6) is 34.5 Å². The van der Waals surface area contributed by atoms with Crippen LogP contribution in [0.2, 0.25) is 0 Å². The molecule has 0 unspecified atom stereocenters. The van der Waals surface area contributed by atoms with Crippen LogP contribution in [0.15, 0.2) is 36.1 Å². The highest BCUT2D eigenvalue weighted by Gasteiger charge is 2.17. The van der Waals surface area contributed by atoms with Gasteiger partial charge in [0.1, 0.15) is 5.75 Å². The molecule has 132 valence electrons. The van der Waals surface area contributed by atoms with Gasteiger partial charge in [-0.15, -0.1) is 0 Å². The minimum Gasteiger partial charge on any atom is -0.504 e. The van der Waals surface area contributed by atoms with E-state index in [4.69, 9.17) is 18.9 Å². The first-order valence-electron chi connectivity index (χ1n) is 7.82. The first-order chi connectivity index (χ1) is 12.0. The molecule has 0 spiro atoms. The van der Waals surface area contributed by atoms with Crippen LogP contribution in [0.25, 0.3) is 5.57 Å². The maximum atomic E-state index is 10.3. The summed E-state index contributed by atoms with van der Waals surface area (Å²) >= 11 is 0. The molecular weight excluding hydrogens is 324 g/mol. The summed E-state index contributed by atoms with van der Waals surface area (Å²) in [6.07, 6.45) is 0.817. The number of aromatic hydroxyl groups is 2. The Hall–Kier alpha value is -3.02. The number of benzene rings is 2. The molecule has 0 saturated heterocycles. The maximum Gasteiger partial charge on any atom is 0.201 e. The first-order valence-corrected chi connectivity index (χ1v) is 7.82. The third kappa shape index (κ3) is 3.28. The van der Waals surface area contributed by atoms with Crippen LogP contribution >= 0.6 is 0 Å². The Kier molecular flexibility index (Phi) is 4.61. The summed E-state index contributed by atoms with van der Waals surface area (Å²) in [6.45, 7) is 2.58. The first kappa shape index (κ1) is 16.8. The van der Waals surface area contributed by atoms with Crippen molar-refractivity contribution < 1.29 is 29.2 Å². The summed E-state index contributed by atoms with van der Waals surface area (Å²) < 4.78 is 21.4. The third-order valence-corrected chi connectivity index (χ3v) is 4.08. The van der Waals surface area contributed by atoms with Crippen molar-refractivity contribution >= 4 is 5.57 Å². The lowest BCUT2D eigenvalue weighted by molar-refractivity contribution is 0.247. The van der Waals surface area contributed by atoms with E-state index in [0.717, 1.165) is 23.3 Å². The van der Waals surface area contributed by atoms with Gasteiger partial charge in [-0.2, -0.15) is 0 Å². The van der Waals surface area contributed by atoms with Gasteiger partial charge in [-0.3, -0.25) is 0 Å². The molecule has 1 aliphatic rings. The number of phenols is 2. The zero-order valence-electron chi connectivity index (χ0n) is 14.3. The van der Waals surface area contributed by atoms with Gasteiger partial charge >= 0.3 is 0 Å². The molecule has 2 aromatic carbocycles. The minimum absolute atomic E-state index is 0.00992. The van der Waals surface area contributed by atoms with E-state index in [9.17, 15) is 10.2 Å². The Balaban J connectivity index is 1.90. The molecule has 0 aliphatic carbocycles. The molecule has 0 aromatic heterocycles. The molecule has 25 heavy (non-hydrogen) atoms. The lowest BCUT2D eigenvalue weighted by atomic mass is 10.0. The predicted molar refractivity (Wildman–Crippen MR) is 92.6 cm³/mol. The van der Waals surface area contributed by atoms with Gasteiger partial charge in [-0.1, -0.05) is 6.07 Å². The largest absolute Gasteiger partial charge is 0.504 e. The van der Waals surface area contributed by atoms with Gasteiger partial charge < -0.3 is 29.2 Å². The van der Waals surface area contributed by atoms with E-state index in [2.05, 4.69) is 0 Å². The normalized spacial score (nSPS) is 13.6. The van der Waals surface area contributed by atoms with Gasteiger partial charge in [-0.25, -0.2) is 0 Å². The minimum atomic E-state index is -0.111. The van der Waals surface area contributed by atoms with Gasteiger partial charge in [0.2, 0.25) is 5.75 Å². The van der Waals surface area contributed by atoms with Crippen molar-refractivity contribution in [2.45, 2.75) is 13.3 Å². The number of phenolic OH excluding ortho intramolecular Hbond substituents is 2. The Morgan fingerprint density at radius 2 is 1.64 bits per heavy atom. The van der Waals surface area contributed by atoms with Crippen LogP contribution in [-0.2, 0) is 4.74 Å². The highest BCUT2D eigenvalue weighted by Crippen LogP contribution is 2.42. The fraction of sp³-hybridized carbons (Fsp3) is 0.263. The quantitative estimate of drug-likeness (QED) is 0.852. The number of methoxy groups -OCH3 is 2. The van der Waals surface area contributed by atoms with Crippen molar-refractivity contribution in [3.63, 3.8) is 0 Å². The van der Waals surface area contributed by atoms with Gasteiger partial charge in [0.25, 0.3) is 0 Å². The number of ether oxygens (including phenoxy) is 4. The molecule has 6 nitrogen and oxygen atoms in total. The van der Waals surface area contributed by atoms with Crippen LogP contribution in [0.1, 0.15) is 18.9 Å². The van der Waals surface area contributed by atoms with Crippen molar-refractivity contribution in [1.29, 1.82) is 0 Å². The number of allylic oxidation sites excluding steroid dienone is 1. The molecule has 2 N–H and O–H groups in total. The molecule has 2 aromatic rings. The second-order valence-electron chi connectivity index (χ2n) is 5.59. The molecule has 0 radical (unpaired) electrons. The van der Waals surface area contributed by atoms with Gasteiger partial charge in [0, 0.05) is 24.1 Å². The summed E-state index contributed by atoms with van der Waals surface area (Å²) in [5.74, 6) is 1.87. The van der Waals surface area contributed by atoms with Crippen LogP contribution < -0.4 is 14.2 Å². The van der Waals surface area contributed by atoms with Crippen LogP contribution in [-0.4, -0.2) is 31.0 Å². The molecule has 1 aliphatic heterocycles. The monoisotopic (exact) mass is 344 g/mol. The van der Waals surface area contributed by atoms with Gasteiger partial charge in [0.15, 0.2) is 23.0 Å². The Bertz CT molecular complexity index is 800. The summed E-state index contributed by atoms with van der Waals surface area (Å²) in [7, 11) is 2.87. The van der Waals surface area contributed by atoms with E-state index < -0.39 is 0 Å². The summed E-state index contributed by atoms with van der Waals surface area (Å²) in [6, 6.07) is 8.25. The van der Waals surface area contributed by atoms with Crippen LogP contribution in [0.4, 0.5) is 0 Å². The Morgan fingerprint density at radius 1 is 0.960 bits per heavy atom. The molecule has 3 rings (SSSR count). The molecule has 0 atom stereocenters. The molecular formula is C19H20O6. The van der Waals surface area contributed by atoms with Crippen molar-refractivity contribution in [3.05, 3.63) is 41.7 Å². The van der Waals surface area contributed by atoms with Gasteiger partial charge in [-0.05, 0) is 24.6 Å². The van der Waals surface area contributed by atoms with E-state index in [-0.39, 0.29) is 28.7 Å². The third-order valence-electron chi connectivity index (χ3n) is 4.08. The number of hydrogen-bond acceptors (Lipinski definition) is 6. The van der Waals surface area contributed by atoms with E-state index in [1.54, 1.807) is 12.1 Å². The van der Waals surface area contributed by atoms with Gasteiger partial charge in [0.05, 0.1) is 26.6 Å². The lowest BCUT2D eigenvalue weighted by Gasteiger charge is -2.13. The maximum absolute atomic E-state index is 10.3. The van der Waals surface area contributed by atoms with Crippen molar-refractivity contribution in [2.24, 2.45) is 0 Å². The van der Waals surface area contributed by atoms with Crippen molar-refractivity contribution in [2.75, 3.05) is 20.8 Å². The van der Waals surface area contributed by atoms with E-state index in [0.29, 0.717) is 12.4 Å². The Morgan fingerprint density at radius 3 is 2.16 bits per heavy atom. The van der Waals surface area contributed by atoms with Crippen LogP contribution in [0.3, 0.4) is 0 Å².